The number of nitrogens with one attached hydrogen (secondary N) is 1. The van der Waals surface area contributed by atoms with E-state index in [0.717, 1.165) is 51.4 Å². The summed E-state index contributed by atoms with van der Waals surface area (Å²) in [7, 11) is 2.17. The molecule has 0 aliphatic carbocycles. The number of hydrogen-bond acceptors (Lipinski definition) is 5. The monoisotopic (exact) mass is 434 g/mol. The minimum atomic E-state index is -0.0238. The average Bonchev–Trinajstić information content (AvgIpc) is 2.85. The van der Waals surface area contributed by atoms with Crippen LogP contribution in [0.4, 0.5) is 11.4 Å². The van der Waals surface area contributed by atoms with Gasteiger partial charge in [-0.15, -0.1) is 0 Å². The number of amides is 1. The van der Waals surface area contributed by atoms with Crippen molar-refractivity contribution in [1.29, 1.82) is 0 Å². The molecule has 170 valence electrons. The average molecular weight is 435 g/mol. The molecule has 6 heteroatoms. The first-order valence-electron chi connectivity index (χ1n) is 12.0. The van der Waals surface area contributed by atoms with Crippen LogP contribution in [0.3, 0.4) is 0 Å². The van der Waals surface area contributed by atoms with Crippen LogP contribution in [0.2, 0.25) is 0 Å². The number of fused-ring (bicyclic) bond motifs is 1. The molecule has 5 rings (SSSR count). The van der Waals surface area contributed by atoms with Crippen molar-refractivity contribution >= 4 is 17.3 Å². The first-order chi connectivity index (χ1) is 15.7. The van der Waals surface area contributed by atoms with E-state index >= 15 is 0 Å². The van der Waals surface area contributed by atoms with E-state index in [-0.39, 0.29) is 11.9 Å². The molecule has 0 aromatic heterocycles. The molecule has 0 radical (unpaired) electrons. The molecule has 1 N–H and O–H groups in total. The molecule has 3 aliphatic rings. The van der Waals surface area contributed by atoms with Gasteiger partial charge in [-0.05, 0) is 62.7 Å². The lowest BCUT2D eigenvalue weighted by Gasteiger charge is -2.37. The van der Waals surface area contributed by atoms with E-state index in [9.17, 15) is 4.79 Å². The van der Waals surface area contributed by atoms with Gasteiger partial charge in [0.15, 0.2) is 0 Å². The number of benzene rings is 2. The zero-order valence-corrected chi connectivity index (χ0v) is 19.1. The molecule has 2 aromatic rings. The minimum absolute atomic E-state index is 0.0228. The number of nitrogens with zero attached hydrogens (tertiary/aromatic N) is 3. The van der Waals surface area contributed by atoms with Gasteiger partial charge in [0, 0.05) is 68.2 Å². The predicted molar refractivity (Wildman–Crippen MR) is 129 cm³/mol. The number of hydrogen-bond donors (Lipinski definition) is 1. The normalized spacial score (nSPS) is 21.6. The second-order valence-corrected chi connectivity index (χ2v) is 9.32. The van der Waals surface area contributed by atoms with Gasteiger partial charge >= 0.3 is 0 Å². The van der Waals surface area contributed by atoms with E-state index in [0.29, 0.717) is 12.2 Å². The summed E-state index contributed by atoms with van der Waals surface area (Å²) in [6.07, 6.45) is 4.62. The molecule has 3 heterocycles. The highest BCUT2D eigenvalue weighted by Crippen LogP contribution is 2.34. The third kappa shape index (κ3) is 4.56. The number of rotatable bonds is 4. The zero-order valence-electron chi connectivity index (χ0n) is 19.1. The summed E-state index contributed by atoms with van der Waals surface area (Å²) in [5.41, 5.74) is 4.39. The summed E-state index contributed by atoms with van der Waals surface area (Å²) in [6, 6.07) is 14.4. The Morgan fingerprint density at radius 1 is 0.906 bits per heavy atom. The van der Waals surface area contributed by atoms with Gasteiger partial charge in [0.1, 0.15) is 12.4 Å². The first kappa shape index (κ1) is 21.1. The molecule has 1 amide bonds. The van der Waals surface area contributed by atoms with Crippen molar-refractivity contribution in [3.8, 4) is 5.75 Å². The van der Waals surface area contributed by atoms with Crippen LogP contribution >= 0.6 is 0 Å². The van der Waals surface area contributed by atoms with Crippen molar-refractivity contribution in [2.45, 2.75) is 31.7 Å². The van der Waals surface area contributed by atoms with Gasteiger partial charge < -0.3 is 24.8 Å². The van der Waals surface area contributed by atoms with E-state index in [1.165, 1.54) is 36.2 Å². The van der Waals surface area contributed by atoms with E-state index in [4.69, 9.17) is 4.74 Å². The van der Waals surface area contributed by atoms with Crippen LogP contribution in [0.5, 0.6) is 5.75 Å². The van der Waals surface area contributed by atoms with E-state index in [1.54, 1.807) is 0 Å². The van der Waals surface area contributed by atoms with Crippen LogP contribution in [0.25, 0.3) is 0 Å². The number of ether oxygens (including phenoxy) is 1. The molecule has 0 spiro atoms. The summed E-state index contributed by atoms with van der Waals surface area (Å²) in [5, 5.41) is 3.21. The maximum Gasteiger partial charge on any atom is 0.251 e. The molecule has 2 saturated heterocycles. The quantitative estimate of drug-likeness (QED) is 0.801. The van der Waals surface area contributed by atoms with Crippen LogP contribution < -0.4 is 19.9 Å². The van der Waals surface area contributed by atoms with Crippen molar-refractivity contribution in [3.05, 3.63) is 53.6 Å². The lowest BCUT2D eigenvalue weighted by molar-refractivity contribution is 0.0915. The number of likely N-dealkylation sites (N-methyl/N-ethyl adjacent to an activating group) is 1. The third-order valence-electron chi connectivity index (χ3n) is 7.03. The number of piperidine rings is 1. The molecular weight excluding hydrogens is 400 g/mol. The Labute approximate surface area is 191 Å². The maximum atomic E-state index is 12.9. The topological polar surface area (TPSA) is 48.0 Å². The van der Waals surface area contributed by atoms with Crippen molar-refractivity contribution in [2.75, 3.05) is 62.7 Å². The Bertz CT molecular complexity index is 931. The molecule has 1 atom stereocenters. The lowest BCUT2D eigenvalue weighted by atomic mass is 9.99. The van der Waals surface area contributed by atoms with Crippen molar-refractivity contribution < 1.29 is 9.53 Å². The summed E-state index contributed by atoms with van der Waals surface area (Å²) in [5.74, 6) is 0.933. The fourth-order valence-corrected chi connectivity index (χ4v) is 5.07. The van der Waals surface area contributed by atoms with Gasteiger partial charge in [-0.25, -0.2) is 0 Å². The highest BCUT2D eigenvalue weighted by molar-refractivity contribution is 5.94. The minimum Gasteiger partial charge on any atom is -0.491 e. The highest BCUT2D eigenvalue weighted by atomic mass is 16.5. The van der Waals surface area contributed by atoms with Gasteiger partial charge in [-0.3, -0.25) is 4.79 Å². The predicted octanol–water partition coefficient (Wildman–Crippen LogP) is 3.16. The molecule has 32 heavy (non-hydrogen) atoms. The Balaban J connectivity index is 1.24. The number of anilines is 2. The van der Waals surface area contributed by atoms with Crippen molar-refractivity contribution in [2.24, 2.45) is 0 Å². The molecule has 2 aromatic carbocycles. The van der Waals surface area contributed by atoms with Crippen LogP contribution in [0.1, 0.15) is 35.2 Å². The Morgan fingerprint density at radius 2 is 1.66 bits per heavy atom. The molecule has 0 saturated carbocycles. The van der Waals surface area contributed by atoms with Crippen LogP contribution in [-0.2, 0) is 6.42 Å². The van der Waals surface area contributed by atoms with E-state index in [1.807, 2.05) is 18.2 Å². The van der Waals surface area contributed by atoms with E-state index < -0.39 is 0 Å². The largest absolute Gasteiger partial charge is 0.491 e. The van der Waals surface area contributed by atoms with Gasteiger partial charge in [0.05, 0.1) is 6.04 Å². The van der Waals surface area contributed by atoms with E-state index in [2.05, 4.69) is 51.3 Å². The summed E-state index contributed by atoms with van der Waals surface area (Å²) >= 11 is 0. The Kier molecular flexibility index (Phi) is 6.21. The molecule has 6 nitrogen and oxygen atoms in total. The van der Waals surface area contributed by atoms with Crippen LogP contribution in [0.15, 0.2) is 42.5 Å². The van der Waals surface area contributed by atoms with Crippen molar-refractivity contribution in [3.63, 3.8) is 0 Å². The first-order valence-corrected chi connectivity index (χ1v) is 12.0. The number of carbonyl (C=O) groups excluding carboxylic acids is 1. The summed E-state index contributed by atoms with van der Waals surface area (Å²) in [4.78, 5) is 20.2. The Morgan fingerprint density at radius 3 is 2.41 bits per heavy atom. The molecule has 0 bridgehead atoms. The standard InChI is InChI=1S/C26H34N4O2/c1-28-14-16-30(17-15-28)24-6-5-7-25-23(24)18-21(19-32-25)27-26(31)20-8-10-22(11-9-20)29-12-3-2-4-13-29/h5-11,21H,2-4,12-19H2,1H3,(H,27,31). The summed E-state index contributed by atoms with van der Waals surface area (Å²) in [6.45, 7) is 6.91. The van der Waals surface area contributed by atoms with Crippen LogP contribution in [-0.4, -0.2) is 69.8 Å². The molecule has 2 fully saturated rings. The summed E-state index contributed by atoms with van der Waals surface area (Å²) < 4.78 is 6.07. The maximum absolute atomic E-state index is 12.9. The zero-order chi connectivity index (χ0) is 21.9. The smallest absolute Gasteiger partial charge is 0.251 e. The SMILES string of the molecule is CN1CCN(c2cccc3c2CC(NC(=O)c2ccc(N4CCCCC4)cc2)CO3)CC1. The molecule has 3 aliphatic heterocycles. The van der Waals surface area contributed by atoms with Gasteiger partial charge in [0.25, 0.3) is 5.91 Å². The lowest BCUT2D eigenvalue weighted by Crippen LogP contribution is -2.46. The van der Waals surface area contributed by atoms with Gasteiger partial charge in [-0.1, -0.05) is 6.07 Å². The number of piperazine rings is 1. The molecular formula is C26H34N4O2. The highest BCUT2D eigenvalue weighted by Gasteiger charge is 2.27. The number of carbonyl (C=O) groups is 1. The second-order valence-electron chi connectivity index (χ2n) is 9.32. The van der Waals surface area contributed by atoms with Crippen molar-refractivity contribution in [1.82, 2.24) is 10.2 Å². The third-order valence-corrected chi connectivity index (χ3v) is 7.03. The van der Waals surface area contributed by atoms with Gasteiger partial charge in [0.2, 0.25) is 0 Å². The fraction of sp³-hybridized carbons (Fsp3) is 0.500. The van der Waals surface area contributed by atoms with Crippen LogP contribution in [0, 0.1) is 0 Å². The fourth-order valence-electron chi connectivity index (χ4n) is 5.07. The molecule has 1 unspecified atom stereocenters. The second kappa shape index (κ2) is 9.41. The Hall–Kier alpha value is -2.73. The van der Waals surface area contributed by atoms with Gasteiger partial charge in [-0.2, -0.15) is 0 Å².